The highest BCUT2D eigenvalue weighted by atomic mass is 19.4. The zero-order chi connectivity index (χ0) is 14.9. The van der Waals surface area contributed by atoms with Crippen molar-refractivity contribution >= 4 is 11.6 Å². The Morgan fingerprint density at radius 2 is 1.95 bits per heavy atom. The van der Waals surface area contributed by atoms with Gasteiger partial charge >= 0.3 is 6.18 Å². The van der Waals surface area contributed by atoms with Gasteiger partial charge in [0.15, 0.2) is 5.69 Å². The van der Waals surface area contributed by atoms with Crippen LogP contribution in [-0.2, 0) is 0 Å². The van der Waals surface area contributed by atoms with E-state index in [9.17, 15) is 18.0 Å². The summed E-state index contributed by atoms with van der Waals surface area (Å²) < 4.78 is 36.8. The molecule has 1 saturated heterocycles. The van der Waals surface area contributed by atoms with Crippen LogP contribution in [0.5, 0.6) is 0 Å². The Hall–Kier alpha value is -1.77. The third-order valence-electron chi connectivity index (χ3n) is 3.26. The van der Waals surface area contributed by atoms with Gasteiger partial charge in [0.2, 0.25) is 0 Å². The number of amides is 1. The van der Waals surface area contributed by atoms with Crippen molar-refractivity contribution in [2.75, 3.05) is 38.5 Å². The Bertz CT molecular complexity index is 491. The lowest BCUT2D eigenvalue weighted by Gasteiger charge is -2.34. The molecule has 0 unspecified atom stereocenters. The van der Waals surface area contributed by atoms with E-state index in [0.717, 1.165) is 0 Å². The summed E-state index contributed by atoms with van der Waals surface area (Å²) in [4.78, 5) is 14.9. The van der Waals surface area contributed by atoms with E-state index in [0.29, 0.717) is 5.69 Å². The average molecular weight is 291 g/mol. The molecule has 2 rings (SSSR count). The number of nitrogen functional groups attached to an aromatic ring is 1. The summed E-state index contributed by atoms with van der Waals surface area (Å²) in [5.41, 5.74) is 6.74. The SMILES string of the molecule is Cc1[nH]nc(C(=O)N2CCN(CC(F)(F)F)CC2)c1N. The Labute approximate surface area is 113 Å². The first-order valence-electron chi connectivity index (χ1n) is 6.17. The number of anilines is 1. The number of halogens is 3. The van der Waals surface area contributed by atoms with Crippen molar-refractivity contribution in [1.29, 1.82) is 0 Å². The van der Waals surface area contributed by atoms with E-state index >= 15 is 0 Å². The molecule has 3 N–H and O–H groups in total. The molecule has 1 aromatic heterocycles. The maximum atomic E-state index is 12.3. The number of carbonyl (C=O) groups excluding carboxylic acids is 1. The molecule has 112 valence electrons. The Kier molecular flexibility index (Phi) is 3.89. The zero-order valence-corrected chi connectivity index (χ0v) is 11.0. The number of piperazine rings is 1. The summed E-state index contributed by atoms with van der Waals surface area (Å²) in [5.74, 6) is -0.349. The monoisotopic (exact) mass is 291 g/mol. The minimum absolute atomic E-state index is 0.131. The van der Waals surface area contributed by atoms with Crippen LogP contribution >= 0.6 is 0 Å². The fourth-order valence-electron chi connectivity index (χ4n) is 2.11. The number of hydrogen-bond donors (Lipinski definition) is 2. The van der Waals surface area contributed by atoms with Crippen molar-refractivity contribution < 1.29 is 18.0 Å². The fourth-order valence-corrected chi connectivity index (χ4v) is 2.11. The van der Waals surface area contributed by atoms with Crippen molar-refractivity contribution in [1.82, 2.24) is 20.0 Å². The Morgan fingerprint density at radius 3 is 2.40 bits per heavy atom. The van der Waals surface area contributed by atoms with Crippen molar-refractivity contribution in [2.45, 2.75) is 13.1 Å². The standard InChI is InChI=1S/C11H16F3N5O/c1-7-8(15)9(17-16-7)10(20)19-4-2-18(3-5-19)6-11(12,13)14/h2-6,15H2,1H3,(H,16,17). The number of aromatic nitrogens is 2. The first kappa shape index (κ1) is 14.6. The fraction of sp³-hybridized carbons (Fsp3) is 0.636. The molecule has 1 fully saturated rings. The third-order valence-corrected chi connectivity index (χ3v) is 3.26. The topological polar surface area (TPSA) is 78.2 Å². The lowest BCUT2D eigenvalue weighted by Crippen LogP contribution is -2.51. The lowest BCUT2D eigenvalue weighted by atomic mass is 10.2. The molecule has 2 heterocycles. The maximum absolute atomic E-state index is 12.3. The van der Waals surface area contributed by atoms with Crippen molar-refractivity contribution in [2.24, 2.45) is 0 Å². The quantitative estimate of drug-likeness (QED) is 0.837. The molecule has 0 spiro atoms. The van der Waals surface area contributed by atoms with E-state index in [4.69, 9.17) is 5.73 Å². The molecule has 1 amide bonds. The second-order valence-corrected chi connectivity index (χ2v) is 4.79. The highest BCUT2D eigenvalue weighted by molar-refractivity contribution is 5.97. The molecule has 0 aliphatic carbocycles. The van der Waals surface area contributed by atoms with Gasteiger partial charge in [-0.1, -0.05) is 0 Å². The van der Waals surface area contributed by atoms with Gasteiger partial charge in [-0.2, -0.15) is 18.3 Å². The Balaban J connectivity index is 1.94. The van der Waals surface area contributed by atoms with E-state index in [1.165, 1.54) is 9.80 Å². The van der Waals surface area contributed by atoms with Gasteiger partial charge in [-0.05, 0) is 6.92 Å². The summed E-state index contributed by atoms with van der Waals surface area (Å²) in [5, 5.41) is 6.45. The van der Waals surface area contributed by atoms with Crippen LogP contribution in [0.25, 0.3) is 0 Å². The summed E-state index contributed by atoms with van der Waals surface area (Å²) in [6, 6.07) is 0. The summed E-state index contributed by atoms with van der Waals surface area (Å²) in [7, 11) is 0. The number of H-pyrrole nitrogens is 1. The summed E-state index contributed by atoms with van der Waals surface area (Å²) in [6.07, 6.45) is -4.21. The predicted molar refractivity (Wildman–Crippen MR) is 66.1 cm³/mol. The normalized spacial score (nSPS) is 17.5. The number of alkyl halides is 3. The summed E-state index contributed by atoms with van der Waals surface area (Å²) >= 11 is 0. The van der Waals surface area contributed by atoms with Crippen molar-refractivity contribution in [3.8, 4) is 0 Å². The molecule has 0 bridgehead atoms. The largest absolute Gasteiger partial charge is 0.401 e. The Morgan fingerprint density at radius 1 is 1.35 bits per heavy atom. The van der Waals surface area contributed by atoms with E-state index < -0.39 is 12.7 Å². The van der Waals surface area contributed by atoms with Crippen LogP contribution in [0.15, 0.2) is 0 Å². The first-order valence-corrected chi connectivity index (χ1v) is 6.17. The number of carbonyl (C=O) groups is 1. The number of rotatable bonds is 2. The van der Waals surface area contributed by atoms with Gasteiger partial charge in [0.25, 0.3) is 5.91 Å². The second kappa shape index (κ2) is 5.31. The molecule has 1 aromatic rings. The number of hydrogen-bond acceptors (Lipinski definition) is 4. The highest BCUT2D eigenvalue weighted by Gasteiger charge is 2.33. The van der Waals surface area contributed by atoms with Gasteiger partial charge in [0.1, 0.15) is 0 Å². The number of aryl methyl sites for hydroxylation is 1. The number of aromatic amines is 1. The molecular formula is C11H16F3N5O. The van der Waals surface area contributed by atoms with Crippen LogP contribution in [-0.4, -0.2) is 64.8 Å². The van der Waals surface area contributed by atoms with Gasteiger partial charge in [-0.3, -0.25) is 14.8 Å². The molecule has 0 radical (unpaired) electrons. The molecule has 6 nitrogen and oxygen atoms in total. The highest BCUT2D eigenvalue weighted by Crippen LogP contribution is 2.19. The molecule has 0 atom stereocenters. The second-order valence-electron chi connectivity index (χ2n) is 4.79. The number of nitrogens with zero attached hydrogens (tertiary/aromatic N) is 3. The van der Waals surface area contributed by atoms with Crippen LogP contribution < -0.4 is 5.73 Å². The van der Waals surface area contributed by atoms with Gasteiger partial charge in [0, 0.05) is 26.2 Å². The minimum Gasteiger partial charge on any atom is -0.395 e. The molecule has 0 saturated carbocycles. The smallest absolute Gasteiger partial charge is 0.395 e. The van der Waals surface area contributed by atoms with Gasteiger partial charge in [-0.15, -0.1) is 0 Å². The molecule has 1 aliphatic heterocycles. The van der Waals surface area contributed by atoms with E-state index in [-0.39, 0.29) is 43.5 Å². The van der Waals surface area contributed by atoms with E-state index in [1.54, 1.807) is 6.92 Å². The number of nitrogens with two attached hydrogens (primary N) is 1. The summed E-state index contributed by atoms with van der Waals surface area (Å²) in [6.45, 7) is 1.60. The number of nitrogens with one attached hydrogen (secondary N) is 1. The van der Waals surface area contributed by atoms with E-state index in [2.05, 4.69) is 10.2 Å². The molecule has 0 aromatic carbocycles. The molecule has 20 heavy (non-hydrogen) atoms. The van der Waals surface area contributed by atoms with Gasteiger partial charge in [-0.25, -0.2) is 0 Å². The lowest BCUT2D eigenvalue weighted by molar-refractivity contribution is -0.148. The third kappa shape index (κ3) is 3.21. The minimum atomic E-state index is -4.21. The van der Waals surface area contributed by atoms with Gasteiger partial charge < -0.3 is 10.6 Å². The predicted octanol–water partition coefficient (Wildman–Crippen LogP) is 0.620. The molecule has 9 heteroatoms. The van der Waals surface area contributed by atoms with Crippen molar-refractivity contribution in [3.05, 3.63) is 11.4 Å². The molecular weight excluding hydrogens is 275 g/mol. The maximum Gasteiger partial charge on any atom is 0.401 e. The van der Waals surface area contributed by atoms with E-state index in [1.807, 2.05) is 0 Å². The van der Waals surface area contributed by atoms with Crippen LogP contribution in [0.4, 0.5) is 18.9 Å². The molecule has 1 aliphatic rings. The van der Waals surface area contributed by atoms with Crippen LogP contribution in [0.1, 0.15) is 16.2 Å². The van der Waals surface area contributed by atoms with Crippen LogP contribution in [0.3, 0.4) is 0 Å². The average Bonchev–Trinajstić information content (AvgIpc) is 2.68. The first-order chi connectivity index (χ1) is 9.28. The zero-order valence-electron chi connectivity index (χ0n) is 11.0. The van der Waals surface area contributed by atoms with Crippen LogP contribution in [0, 0.1) is 6.92 Å². The van der Waals surface area contributed by atoms with Crippen molar-refractivity contribution in [3.63, 3.8) is 0 Å². The van der Waals surface area contributed by atoms with Gasteiger partial charge in [0.05, 0.1) is 17.9 Å². The van der Waals surface area contributed by atoms with Crippen LogP contribution in [0.2, 0.25) is 0 Å².